The van der Waals surface area contributed by atoms with E-state index in [1.165, 1.54) is 16.4 Å². The Labute approximate surface area is 162 Å². The van der Waals surface area contributed by atoms with Crippen LogP contribution < -0.4 is 10.1 Å². The minimum absolute atomic E-state index is 0.0957. The fourth-order valence-electron chi connectivity index (χ4n) is 2.76. The number of nitrogens with one attached hydrogen (secondary N) is 1. The number of carbonyl (C=O) groups excluding carboxylic acids is 1. The first kappa shape index (κ1) is 21.7. The third-order valence-corrected chi connectivity index (χ3v) is 6.30. The number of sulfonamides is 1. The molecule has 0 radical (unpaired) electrons. The van der Waals surface area contributed by atoms with Crippen molar-refractivity contribution in [1.82, 2.24) is 9.62 Å². The molecule has 7 nitrogen and oxygen atoms in total. The van der Waals surface area contributed by atoms with Gasteiger partial charge in [-0.05, 0) is 49.9 Å². The molecule has 8 heteroatoms. The molecule has 1 aromatic carbocycles. The molecule has 0 bridgehead atoms. The Morgan fingerprint density at radius 1 is 1.15 bits per heavy atom. The molecule has 1 atom stereocenters. The summed E-state index contributed by atoms with van der Waals surface area (Å²) < 4.78 is 37.2. The highest BCUT2D eigenvalue weighted by molar-refractivity contribution is 7.89. The molecule has 1 fully saturated rings. The summed E-state index contributed by atoms with van der Waals surface area (Å²) >= 11 is 0. The van der Waals surface area contributed by atoms with Crippen molar-refractivity contribution >= 4 is 15.9 Å². The van der Waals surface area contributed by atoms with E-state index in [0.717, 1.165) is 12.8 Å². The highest BCUT2D eigenvalue weighted by atomic mass is 32.2. The van der Waals surface area contributed by atoms with Crippen LogP contribution in [0.2, 0.25) is 0 Å². The topological polar surface area (TPSA) is 84.9 Å². The van der Waals surface area contributed by atoms with Crippen LogP contribution in [0, 0.1) is 5.92 Å². The summed E-state index contributed by atoms with van der Waals surface area (Å²) in [5.74, 6) is 0.880. The number of benzene rings is 1. The molecule has 0 unspecified atom stereocenters. The molecule has 0 spiro atoms. The SMILES string of the molecule is CC(C)CC[C@H](C)NC(=O)COc1ccc(S(=O)(=O)N2CCOCC2)cc1. The first-order valence-corrected chi connectivity index (χ1v) is 10.8. The van der Waals surface area contributed by atoms with Crippen molar-refractivity contribution in [3.8, 4) is 5.75 Å². The molecule has 1 amide bonds. The monoisotopic (exact) mass is 398 g/mol. The fraction of sp³-hybridized carbons (Fsp3) is 0.632. The zero-order valence-corrected chi connectivity index (χ0v) is 17.1. The lowest BCUT2D eigenvalue weighted by molar-refractivity contribution is -0.123. The van der Waals surface area contributed by atoms with Crippen LogP contribution in [0.15, 0.2) is 29.2 Å². The van der Waals surface area contributed by atoms with Gasteiger partial charge in [-0.2, -0.15) is 4.31 Å². The molecule has 1 aliphatic rings. The molecule has 0 aliphatic carbocycles. The highest BCUT2D eigenvalue weighted by Gasteiger charge is 2.26. The van der Waals surface area contributed by atoms with Gasteiger partial charge in [-0.25, -0.2) is 8.42 Å². The van der Waals surface area contributed by atoms with E-state index in [1.54, 1.807) is 12.1 Å². The molecular formula is C19H30N2O5S. The molecule has 0 saturated carbocycles. The largest absolute Gasteiger partial charge is 0.484 e. The summed E-state index contributed by atoms with van der Waals surface area (Å²) in [6, 6.07) is 6.25. The van der Waals surface area contributed by atoms with E-state index in [-0.39, 0.29) is 23.5 Å². The maximum atomic E-state index is 12.6. The zero-order valence-electron chi connectivity index (χ0n) is 16.3. The number of hydrogen-bond donors (Lipinski definition) is 1. The normalized spacial score (nSPS) is 16.9. The standard InChI is InChI=1S/C19H30N2O5S/c1-15(2)4-5-16(3)20-19(22)14-26-17-6-8-18(9-7-17)27(23,24)21-10-12-25-13-11-21/h6-9,15-16H,4-5,10-14H2,1-3H3,(H,20,22)/t16-/m0/s1. The molecule has 1 saturated heterocycles. The van der Waals surface area contributed by atoms with E-state index < -0.39 is 10.0 Å². The van der Waals surface area contributed by atoms with Gasteiger partial charge in [0.15, 0.2) is 6.61 Å². The van der Waals surface area contributed by atoms with Crippen molar-refractivity contribution in [3.63, 3.8) is 0 Å². The van der Waals surface area contributed by atoms with Gasteiger partial charge in [0, 0.05) is 19.1 Å². The van der Waals surface area contributed by atoms with Crippen molar-refractivity contribution in [2.24, 2.45) is 5.92 Å². The van der Waals surface area contributed by atoms with Crippen LogP contribution in [0.5, 0.6) is 5.75 Å². The average molecular weight is 399 g/mol. The number of carbonyl (C=O) groups is 1. The van der Waals surface area contributed by atoms with Gasteiger partial charge in [-0.3, -0.25) is 4.79 Å². The number of amides is 1. The Morgan fingerprint density at radius 2 is 1.78 bits per heavy atom. The van der Waals surface area contributed by atoms with Gasteiger partial charge in [0.25, 0.3) is 5.91 Å². The van der Waals surface area contributed by atoms with E-state index in [4.69, 9.17) is 9.47 Å². The maximum Gasteiger partial charge on any atom is 0.258 e. The molecule has 2 rings (SSSR count). The zero-order chi connectivity index (χ0) is 19.9. The predicted molar refractivity (Wildman–Crippen MR) is 103 cm³/mol. The third kappa shape index (κ3) is 6.79. The predicted octanol–water partition coefficient (Wildman–Crippen LogP) is 2.03. The smallest absolute Gasteiger partial charge is 0.258 e. The number of hydrogen-bond acceptors (Lipinski definition) is 5. The number of morpholine rings is 1. The molecule has 1 heterocycles. The van der Waals surface area contributed by atoms with Crippen molar-refractivity contribution in [2.75, 3.05) is 32.9 Å². The van der Waals surface area contributed by atoms with E-state index >= 15 is 0 Å². The Hall–Kier alpha value is -1.64. The summed E-state index contributed by atoms with van der Waals surface area (Å²) in [5, 5.41) is 2.91. The Balaban J connectivity index is 1.84. The van der Waals surface area contributed by atoms with E-state index in [2.05, 4.69) is 19.2 Å². The second-order valence-corrected chi connectivity index (χ2v) is 9.15. The van der Waals surface area contributed by atoms with Crippen LogP contribution in [-0.4, -0.2) is 57.6 Å². The van der Waals surface area contributed by atoms with Crippen LogP contribution >= 0.6 is 0 Å². The summed E-state index contributed by atoms with van der Waals surface area (Å²) in [7, 11) is -3.52. The van der Waals surface area contributed by atoms with Crippen LogP contribution in [0.25, 0.3) is 0 Å². The third-order valence-electron chi connectivity index (χ3n) is 4.39. The van der Waals surface area contributed by atoms with Gasteiger partial charge < -0.3 is 14.8 Å². The minimum atomic E-state index is -3.52. The lowest BCUT2D eigenvalue weighted by atomic mass is 10.0. The van der Waals surface area contributed by atoms with Crippen LogP contribution in [0.1, 0.15) is 33.6 Å². The number of rotatable bonds is 9. The van der Waals surface area contributed by atoms with Crippen LogP contribution in [-0.2, 0) is 19.6 Å². The molecular weight excluding hydrogens is 368 g/mol. The summed E-state index contributed by atoms with van der Waals surface area (Å²) in [6.45, 7) is 7.72. The molecule has 1 N–H and O–H groups in total. The van der Waals surface area contributed by atoms with Gasteiger partial charge >= 0.3 is 0 Å². The molecule has 152 valence electrons. The van der Waals surface area contributed by atoms with Gasteiger partial charge in [0.05, 0.1) is 18.1 Å². The van der Waals surface area contributed by atoms with Crippen LogP contribution in [0.3, 0.4) is 0 Å². The Morgan fingerprint density at radius 3 is 2.37 bits per heavy atom. The molecule has 0 aromatic heterocycles. The van der Waals surface area contributed by atoms with Crippen molar-refractivity contribution in [3.05, 3.63) is 24.3 Å². The fourth-order valence-corrected chi connectivity index (χ4v) is 4.17. The van der Waals surface area contributed by atoms with Crippen molar-refractivity contribution < 1.29 is 22.7 Å². The number of nitrogens with zero attached hydrogens (tertiary/aromatic N) is 1. The van der Waals surface area contributed by atoms with Gasteiger partial charge in [0.1, 0.15) is 5.75 Å². The lowest BCUT2D eigenvalue weighted by Gasteiger charge is -2.26. The molecule has 1 aliphatic heterocycles. The quantitative estimate of drug-likeness (QED) is 0.688. The molecule has 1 aromatic rings. The minimum Gasteiger partial charge on any atom is -0.484 e. The Bertz CT molecular complexity index is 697. The van der Waals surface area contributed by atoms with E-state index in [0.29, 0.717) is 38.0 Å². The lowest BCUT2D eigenvalue weighted by Crippen LogP contribution is -2.40. The van der Waals surface area contributed by atoms with Gasteiger partial charge in [0.2, 0.25) is 10.0 Å². The van der Waals surface area contributed by atoms with Crippen molar-refractivity contribution in [1.29, 1.82) is 0 Å². The van der Waals surface area contributed by atoms with Crippen molar-refractivity contribution in [2.45, 2.75) is 44.6 Å². The second kappa shape index (κ2) is 10.1. The second-order valence-electron chi connectivity index (χ2n) is 7.22. The average Bonchev–Trinajstić information content (AvgIpc) is 2.66. The maximum absolute atomic E-state index is 12.6. The number of ether oxygens (including phenoxy) is 2. The summed E-state index contributed by atoms with van der Waals surface area (Å²) in [5.41, 5.74) is 0. The summed E-state index contributed by atoms with van der Waals surface area (Å²) in [6.07, 6.45) is 1.99. The Kier molecular flexibility index (Phi) is 8.07. The van der Waals surface area contributed by atoms with E-state index in [1.807, 2.05) is 6.92 Å². The molecule has 27 heavy (non-hydrogen) atoms. The summed E-state index contributed by atoms with van der Waals surface area (Å²) in [4.78, 5) is 12.2. The van der Waals surface area contributed by atoms with Gasteiger partial charge in [-0.1, -0.05) is 13.8 Å². The van der Waals surface area contributed by atoms with Crippen LogP contribution in [0.4, 0.5) is 0 Å². The first-order valence-electron chi connectivity index (χ1n) is 9.39. The highest BCUT2D eigenvalue weighted by Crippen LogP contribution is 2.20. The van der Waals surface area contributed by atoms with E-state index in [9.17, 15) is 13.2 Å². The van der Waals surface area contributed by atoms with Gasteiger partial charge in [-0.15, -0.1) is 0 Å². The first-order chi connectivity index (χ1) is 12.8.